The molecule has 9 heteroatoms. The molecule has 0 atom stereocenters. The van der Waals surface area contributed by atoms with Gasteiger partial charge < -0.3 is 11.4 Å². The second kappa shape index (κ2) is 7.23. The fourth-order valence-electron chi connectivity index (χ4n) is 0. The summed E-state index contributed by atoms with van der Waals surface area (Å²) in [5, 5.41) is 7.89. The van der Waals surface area contributed by atoms with Gasteiger partial charge in [-0.15, -0.1) is 4.91 Å². The maximum absolute atomic E-state index is 8.74. The molecule has 0 bridgehead atoms. The van der Waals surface area contributed by atoms with Gasteiger partial charge in [0.25, 0.3) is 0 Å². The van der Waals surface area contributed by atoms with E-state index >= 15 is 0 Å². The minimum Gasteiger partial charge on any atom is -0.379 e. The van der Waals surface area contributed by atoms with Crippen LogP contribution >= 0.6 is 0 Å². The van der Waals surface area contributed by atoms with Crippen molar-refractivity contribution in [3.05, 3.63) is 4.91 Å². The summed E-state index contributed by atoms with van der Waals surface area (Å²) in [6.07, 6.45) is 0. The highest BCUT2D eigenvalue weighted by Crippen LogP contribution is 1.59. The molecular weight excluding hydrogens is 156 g/mol. The Morgan fingerprint density at radius 3 is 1.22 bits per heavy atom. The third kappa shape index (κ3) is 334. The third-order valence-electron chi connectivity index (χ3n) is 0. The number of nitrogens with zero attached hydrogens (tertiary/aromatic N) is 1. The number of hydrogen-bond acceptors (Lipinski definition) is 5. The maximum Gasteiger partial charge on any atom is 0.394 e. The van der Waals surface area contributed by atoms with E-state index < -0.39 is 10.4 Å². The summed E-state index contributed by atoms with van der Waals surface area (Å²) in [4.78, 5) is 8.11. The van der Waals surface area contributed by atoms with Crippen molar-refractivity contribution < 1.29 is 22.7 Å². The molecule has 6 N–H and O–H groups in total. The fourth-order valence-corrected chi connectivity index (χ4v) is 0. The van der Waals surface area contributed by atoms with Crippen LogP contribution in [-0.2, 0) is 10.4 Å². The number of hydrogen-bond donors (Lipinski definition) is 4. The first kappa shape index (κ1) is 15.7. The van der Waals surface area contributed by atoms with E-state index in [-0.39, 0.29) is 6.15 Å². The van der Waals surface area contributed by atoms with E-state index in [2.05, 4.69) is 0 Å². The molecule has 0 saturated carbocycles. The van der Waals surface area contributed by atoms with Gasteiger partial charge in [0.05, 0.1) is 0 Å². The Hall–Kier alpha value is -0.770. The second-order valence-corrected chi connectivity index (χ2v) is 1.43. The molecule has 0 amide bonds. The molecule has 58 valence electrons. The summed E-state index contributed by atoms with van der Waals surface area (Å²) in [6, 6.07) is 0. The fraction of sp³-hybridized carbons (Fsp3) is 0. The molecule has 0 fully saturated rings. The van der Waals surface area contributed by atoms with Crippen LogP contribution in [0.1, 0.15) is 0 Å². The van der Waals surface area contributed by atoms with Crippen LogP contribution in [0.2, 0.25) is 0 Å². The lowest BCUT2D eigenvalue weighted by Gasteiger charge is -1.68. The summed E-state index contributed by atoms with van der Waals surface area (Å²) in [5.41, 5.74) is 0. The zero-order chi connectivity index (χ0) is 7.21. The monoisotopic (exact) mass is 162 g/mol. The summed E-state index contributed by atoms with van der Waals surface area (Å²) in [5.74, 6) is 0. The van der Waals surface area contributed by atoms with Crippen molar-refractivity contribution in [1.82, 2.24) is 6.15 Å². The van der Waals surface area contributed by atoms with E-state index in [4.69, 9.17) is 27.6 Å². The molecule has 0 heterocycles. The molecule has 0 saturated heterocycles. The van der Waals surface area contributed by atoms with Crippen LogP contribution in [0.5, 0.6) is 0 Å². The Bertz CT molecular complexity index is 125. The summed E-state index contributed by atoms with van der Waals surface area (Å²) in [6.45, 7) is 0. The van der Waals surface area contributed by atoms with Crippen LogP contribution in [0.25, 0.3) is 0 Å². The molecule has 9 heavy (non-hydrogen) atoms. The predicted molar refractivity (Wildman–Crippen MR) is 26.8 cm³/mol. The van der Waals surface area contributed by atoms with Crippen LogP contribution in [0.4, 0.5) is 0 Å². The topological polar surface area (TPSA) is 159 Å². The van der Waals surface area contributed by atoms with Gasteiger partial charge in [-0.2, -0.15) is 8.42 Å². The minimum absolute atomic E-state index is 0. The molecule has 0 aromatic carbocycles. The van der Waals surface area contributed by atoms with Gasteiger partial charge in [0.1, 0.15) is 0 Å². The van der Waals surface area contributed by atoms with Crippen LogP contribution < -0.4 is 6.15 Å². The lowest BCUT2D eigenvalue weighted by molar-refractivity contribution is 0.312. The van der Waals surface area contributed by atoms with Gasteiger partial charge in [-0.25, -0.2) is 0 Å². The molecule has 0 radical (unpaired) electrons. The van der Waals surface area contributed by atoms with Crippen molar-refractivity contribution in [3.63, 3.8) is 0 Å². The van der Waals surface area contributed by atoms with Crippen molar-refractivity contribution >= 4 is 10.4 Å². The van der Waals surface area contributed by atoms with Crippen LogP contribution in [0.3, 0.4) is 0 Å². The second-order valence-electron chi connectivity index (χ2n) is 0.529. The van der Waals surface area contributed by atoms with Gasteiger partial charge in [-0.1, -0.05) is 0 Å². The van der Waals surface area contributed by atoms with Crippen molar-refractivity contribution in [1.29, 1.82) is 0 Å². The van der Waals surface area contributed by atoms with Crippen LogP contribution in [-0.4, -0.2) is 22.7 Å². The molecule has 0 aliphatic heterocycles. The van der Waals surface area contributed by atoms with Gasteiger partial charge in [-0.05, 0) is 0 Å². The lowest BCUT2D eigenvalue weighted by Crippen LogP contribution is -1.89. The van der Waals surface area contributed by atoms with Crippen LogP contribution in [0.15, 0.2) is 5.34 Å². The quantitative estimate of drug-likeness (QED) is 0.215. The van der Waals surface area contributed by atoms with Crippen LogP contribution in [0, 0.1) is 4.91 Å². The first-order valence-corrected chi connectivity index (χ1v) is 2.48. The average Bonchev–Trinajstić information content (AvgIpc) is 1.27. The zero-order valence-electron chi connectivity index (χ0n) is 4.13. The summed E-state index contributed by atoms with van der Waals surface area (Å²) < 4.78 is 31.6. The van der Waals surface area contributed by atoms with E-state index in [0.717, 1.165) is 0 Å². The molecule has 0 aromatic heterocycles. The Morgan fingerprint density at radius 1 is 1.22 bits per heavy atom. The Balaban J connectivity index is -0.0000000800. The summed E-state index contributed by atoms with van der Waals surface area (Å²) >= 11 is 0. The van der Waals surface area contributed by atoms with Gasteiger partial charge in [0.2, 0.25) is 0 Å². The van der Waals surface area contributed by atoms with E-state index in [1.54, 1.807) is 0 Å². The van der Waals surface area contributed by atoms with Gasteiger partial charge in [0.15, 0.2) is 5.34 Å². The van der Waals surface area contributed by atoms with Crippen molar-refractivity contribution in [2.45, 2.75) is 0 Å². The van der Waals surface area contributed by atoms with Gasteiger partial charge >= 0.3 is 10.4 Å². The Labute approximate surface area is 50.6 Å². The largest absolute Gasteiger partial charge is 0.394 e. The summed E-state index contributed by atoms with van der Waals surface area (Å²) in [7, 11) is -4.67. The third-order valence-corrected chi connectivity index (χ3v) is 0. The lowest BCUT2D eigenvalue weighted by atomic mass is 13.4. The number of rotatable bonds is 0. The average molecular weight is 162 g/mol. The molecule has 0 aliphatic rings. The normalized spacial score (nSPS) is 7.78. The molecule has 0 spiro atoms. The van der Waals surface area contributed by atoms with E-state index in [0.29, 0.717) is 0 Å². The van der Waals surface area contributed by atoms with Crippen molar-refractivity contribution in [3.8, 4) is 0 Å². The molecule has 8 nitrogen and oxygen atoms in total. The highest BCUT2D eigenvalue weighted by molar-refractivity contribution is 7.79. The van der Waals surface area contributed by atoms with Crippen molar-refractivity contribution in [2.75, 3.05) is 0 Å². The van der Waals surface area contributed by atoms with E-state index in [9.17, 15) is 0 Å². The SMILES string of the molecule is N.O=NO.O=S(=O)(O)O. The smallest absolute Gasteiger partial charge is 0.379 e. The molecule has 0 unspecified atom stereocenters. The molecule has 0 aliphatic carbocycles. The molecular formula is H6N2O6S. The first-order chi connectivity index (χ1) is 3.41. The van der Waals surface area contributed by atoms with Gasteiger partial charge in [0, 0.05) is 0 Å². The standard InChI is InChI=1S/HNO2.H3N.H2O4S/c2-1-3;;1-5(2,3)4/h(H,2,3);1H3;(H2,1,2,3,4). The Kier molecular flexibility index (Phi) is 12.6. The highest BCUT2D eigenvalue weighted by Gasteiger charge is 1.84. The maximum atomic E-state index is 8.74. The zero-order valence-corrected chi connectivity index (χ0v) is 4.95. The van der Waals surface area contributed by atoms with E-state index in [1.165, 1.54) is 5.34 Å². The Morgan fingerprint density at radius 2 is 1.22 bits per heavy atom. The minimum atomic E-state index is -4.67. The highest BCUT2D eigenvalue weighted by atomic mass is 32.3. The predicted octanol–water partition coefficient (Wildman–Crippen LogP) is -0.349. The van der Waals surface area contributed by atoms with E-state index in [1.807, 2.05) is 0 Å². The van der Waals surface area contributed by atoms with Gasteiger partial charge in [-0.3, -0.25) is 9.11 Å². The first-order valence-electron chi connectivity index (χ1n) is 1.08. The van der Waals surface area contributed by atoms with Crippen molar-refractivity contribution in [2.24, 2.45) is 5.34 Å². The molecule has 0 rings (SSSR count). The molecule has 0 aromatic rings.